The van der Waals surface area contributed by atoms with Gasteiger partial charge in [-0.1, -0.05) is 31.2 Å². The van der Waals surface area contributed by atoms with E-state index in [2.05, 4.69) is 5.32 Å². The van der Waals surface area contributed by atoms with E-state index in [-0.39, 0.29) is 18.3 Å². The van der Waals surface area contributed by atoms with Crippen LogP contribution in [0, 0.1) is 18.8 Å². The molecular weight excluding hydrogens is 370 g/mol. The molecule has 2 aliphatic rings. The molecule has 0 unspecified atom stereocenters. The van der Waals surface area contributed by atoms with Crippen LogP contribution in [0.5, 0.6) is 0 Å². The number of Topliss-reactive ketones (excluding diaryl/α,β-unsaturated/α-hetero) is 1. The van der Waals surface area contributed by atoms with E-state index in [9.17, 15) is 14.4 Å². The molecule has 0 radical (unpaired) electrons. The maximum Gasteiger partial charge on any atom is 0.336 e. The lowest BCUT2D eigenvalue weighted by Gasteiger charge is -2.38. The summed E-state index contributed by atoms with van der Waals surface area (Å²) >= 11 is 0. The van der Waals surface area contributed by atoms with E-state index >= 15 is 0 Å². The number of methoxy groups -OCH3 is 1. The summed E-state index contributed by atoms with van der Waals surface area (Å²) in [4.78, 5) is 38.8. The lowest BCUT2D eigenvalue weighted by atomic mass is 9.68. The molecule has 154 valence electrons. The number of hydrogen-bond donors (Lipinski definition) is 1. The Labute approximate surface area is 171 Å². The van der Waals surface area contributed by atoms with E-state index in [1.165, 1.54) is 7.11 Å². The number of rotatable bonds is 4. The second kappa shape index (κ2) is 8.23. The lowest BCUT2D eigenvalue weighted by molar-refractivity contribution is -0.151. The lowest BCUT2D eigenvalue weighted by Crippen LogP contribution is -2.43. The minimum absolute atomic E-state index is 0.198. The van der Waals surface area contributed by atoms with Crippen LogP contribution in [0.15, 0.2) is 46.8 Å². The van der Waals surface area contributed by atoms with Gasteiger partial charge >= 0.3 is 11.9 Å². The van der Waals surface area contributed by atoms with Crippen LogP contribution in [-0.2, 0) is 23.9 Å². The van der Waals surface area contributed by atoms with Crippen LogP contribution in [-0.4, -0.2) is 31.4 Å². The molecular formula is C23H27NO5. The highest BCUT2D eigenvalue weighted by Crippen LogP contribution is 2.46. The van der Waals surface area contributed by atoms with Gasteiger partial charge in [-0.15, -0.1) is 0 Å². The predicted molar refractivity (Wildman–Crippen MR) is 108 cm³/mol. The van der Waals surface area contributed by atoms with E-state index in [0.717, 1.165) is 16.8 Å². The molecule has 3 rings (SSSR count). The summed E-state index contributed by atoms with van der Waals surface area (Å²) in [6, 6.07) is 7.67. The predicted octanol–water partition coefficient (Wildman–Crippen LogP) is 3.17. The average molecular weight is 397 g/mol. The third-order valence-corrected chi connectivity index (χ3v) is 5.74. The summed E-state index contributed by atoms with van der Waals surface area (Å²) in [7, 11) is 1.29. The second-order valence-corrected chi connectivity index (χ2v) is 7.61. The van der Waals surface area contributed by atoms with Crippen molar-refractivity contribution in [2.75, 3.05) is 13.7 Å². The van der Waals surface area contributed by atoms with Crippen LogP contribution in [0.25, 0.3) is 0 Å². The van der Waals surface area contributed by atoms with Crippen molar-refractivity contribution in [1.82, 2.24) is 5.32 Å². The van der Waals surface area contributed by atoms with Crippen molar-refractivity contribution in [3.63, 3.8) is 0 Å². The number of benzene rings is 1. The van der Waals surface area contributed by atoms with Crippen LogP contribution < -0.4 is 5.32 Å². The maximum absolute atomic E-state index is 13.5. The van der Waals surface area contributed by atoms with E-state index in [1.54, 1.807) is 6.92 Å². The molecule has 0 saturated heterocycles. The summed E-state index contributed by atoms with van der Waals surface area (Å²) < 4.78 is 10.2. The molecule has 29 heavy (non-hydrogen) atoms. The standard InChI is InChI=1S/C23H27NO5/c1-6-29-23(27)18-14(4)24-16-11-13(3)17(22(26)28-5)21(25)20(16)19(18)15-10-8-7-9-12(15)2/h7-10,13,17,19,24H,6,11H2,1-5H3/t13-,17+,19+/m0/s1. The quantitative estimate of drug-likeness (QED) is 0.621. The molecule has 1 heterocycles. The van der Waals surface area contributed by atoms with Gasteiger partial charge in [0.05, 0.1) is 19.3 Å². The maximum atomic E-state index is 13.5. The number of ether oxygens (including phenoxy) is 2. The van der Waals surface area contributed by atoms with E-state index in [0.29, 0.717) is 23.3 Å². The van der Waals surface area contributed by atoms with Crippen molar-refractivity contribution < 1.29 is 23.9 Å². The Bertz CT molecular complexity index is 927. The average Bonchev–Trinajstić information content (AvgIpc) is 2.67. The van der Waals surface area contributed by atoms with Gasteiger partial charge in [0.2, 0.25) is 0 Å². The highest BCUT2D eigenvalue weighted by Gasteiger charge is 2.47. The second-order valence-electron chi connectivity index (χ2n) is 7.61. The van der Waals surface area contributed by atoms with Gasteiger partial charge in [0.1, 0.15) is 5.92 Å². The molecule has 3 atom stereocenters. The number of ketones is 1. The van der Waals surface area contributed by atoms with Crippen molar-refractivity contribution in [2.24, 2.45) is 11.8 Å². The zero-order valence-electron chi connectivity index (χ0n) is 17.5. The summed E-state index contributed by atoms with van der Waals surface area (Å²) in [5, 5.41) is 3.25. The zero-order chi connectivity index (χ0) is 21.3. The normalized spacial score (nSPS) is 24.0. The highest BCUT2D eigenvalue weighted by atomic mass is 16.5. The molecule has 0 spiro atoms. The van der Waals surface area contributed by atoms with Gasteiger partial charge in [0.15, 0.2) is 5.78 Å². The molecule has 0 aromatic heterocycles. The summed E-state index contributed by atoms with van der Waals surface area (Å²) in [5.41, 5.74) is 4.12. The monoisotopic (exact) mass is 397 g/mol. The summed E-state index contributed by atoms with van der Waals surface area (Å²) in [5.74, 6) is -2.95. The topological polar surface area (TPSA) is 81.7 Å². The Morgan fingerprint density at radius 3 is 2.52 bits per heavy atom. The van der Waals surface area contributed by atoms with Crippen LogP contribution >= 0.6 is 0 Å². The van der Waals surface area contributed by atoms with Crippen molar-refractivity contribution in [3.05, 3.63) is 57.9 Å². The van der Waals surface area contributed by atoms with Crippen molar-refractivity contribution in [3.8, 4) is 0 Å². The van der Waals surface area contributed by atoms with Crippen LogP contribution in [0.4, 0.5) is 0 Å². The third-order valence-electron chi connectivity index (χ3n) is 5.74. The first-order valence-electron chi connectivity index (χ1n) is 9.87. The number of hydrogen-bond acceptors (Lipinski definition) is 6. The third kappa shape index (κ3) is 3.59. The SMILES string of the molecule is CCOC(=O)C1=C(C)NC2=C(C(=O)[C@H](C(=O)OC)[C@@H](C)C2)[C@@H]1c1ccccc1C. The Morgan fingerprint density at radius 1 is 1.21 bits per heavy atom. The Hall–Kier alpha value is -2.89. The van der Waals surface area contributed by atoms with Gasteiger partial charge in [0.25, 0.3) is 0 Å². The first-order valence-corrected chi connectivity index (χ1v) is 9.87. The molecule has 1 aliphatic heterocycles. The fourth-order valence-electron chi connectivity index (χ4n) is 4.38. The molecule has 0 amide bonds. The molecule has 1 aliphatic carbocycles. The number of allylic oxidation sites excluding steroid dienone is 3. The van der Waals surface area contributed by atoms with Gasteiger partial charge in [-0.2, -0.15) is 0 Å². The van der Waals surface area contributed by atoms with E-state index < -0.39 is 23.8 Å². The molecule has 0 fully saturated rings. The number of nitrogens with one attached hydrogen (secondary N) is 1. The summed E-state index contributed by atoms with van der Waals surface area (Å²) in [6.45, 7) is 7.62. The fraction of sp³-hybridized carbons (Fsp3) is 0.435. The van der Waals surface area contributed by atoms with Gasteiger partial charge in [-0.3, -0.25) is 9.59 Å². The minimum atomic E-state index is -0.881. The summed E-state index contributed by atoms with van der Waals surface area (Å²) in [6.07, 6.45) is 0.524. The largest absolute Gasteiger partial charge is 0.468 e. The Balaban J connectivity index is 2.21. The Morgan fingerprint density at radius 2 is 1.90 bits per heavy atom. The van der Waals surface area contributed by atoms with Crippen LogP contribution in [0.1, 0.15) is 44.2 Å². The molecule has 0 bridgehead atoms. The van der Waals surface area contributed by atoms with E-state index in [4.69, 9.17) is 9.47 Å². The van der Waals surface area contributed by atoms with Crippen molar-refractivity contribution >= 4 is 17.7 Å². The number of carbonyl (C=O) groups is 3. The molecule has 6 heteroatoms. The number of dihydropyridines is 1. The number of aryl methyl sites for hydroxylation is 1. The fourth-order valence-corrected chi connectivity index (χ4v) is 4.38. The van der Waals surface area contributed by atoms with E-state index in [1.807, 2.05) is 45.0 Å². The van der Waals surface area contributed by atoms with Gasteiger partial charge in [0, 0.05) is 22.9 Å². The highest BCUT2D eigenvalue weighted by molar-refractivity contribution is 6.12. The molecule has 1 N–H and O–H groups in total. The molecule has 0 saturated carbocycles. The number of carbonyl (C=O) groups excluding carboxylic acids is 3. The van der Waals surface area contributed by atoms with Gasteiger partial charge in [-0.25, -0.2) is 4.79 Å². The smallest absolute Gasteiger partial charge is 0.336 e. The van der Waals surface area contributed by atoms with Crippen LogP contribution in [0.2, 0.25) is 0 Å². The number of esters is 2. The van der Waals surface area contributed by atoms with Gasteiger partial charge in [-0.05, 0) is 44.2 Å². The van der Waals surface area contributed by atoms with Crippen molar-refractivity contribution in [2.45, 2.75) is 40.0 Å². The Kier molecular flexibility index (Phi) is 5.91. The molecule has 1 aromatic carbocycles. The first kappa shape index (κ1) is 20.8. The van der Waals surface area contributed by atoms with Gasteiger partial charge < -0.3 is 14.8 Å². The first-order chi connectivity index (χ1) is 13.8. The van der Waals surface area contributed by atoms with Crippen molar-refractivity contribution in [1.29, 1.82) is 0 Å². The minimum Gasteiger partial charge on any atom is -0.468 e. The zero-order valence-corrected chi connectivity index (χ0v) is 17.5. The van der Waals surface area contributed by atoms with Crippen LogP contribution in [0.3, 0.4) is 0 Å². The molecule has 6 nitrogen and oxygen atoms in total. The molecule has 1 aromatic rings.